The highest BCUT2D eigenvalue weighted by atomic mass is 16.1. The lowest BCUT2D eigenvalue weighted by Crippen LogP contribution is -2.42. The second-order valence-electron chi connectivity index (χ2n) is 6.26. The van der Waals surface area contributed by atoms with Gasteiger partial charge in [0, 0.05) is 22.7 Å². The van der Waals surface area contributed by atoms with E-state index in [0.29, 0.717) is 11.3 Å². The van der Waals surface area contributed by atoms with Gasteiger partial charge in [0.25, 0.3) is 5.91 Å². The summed E-state index contributed by atoms with van der Waals surface area (Å²) in [6, 6.07) is 13.1. The van der Waals surface area contributed by atoms with Crippen LogP contribution in [0.4, 0.5) is 0 Å². The minimum atomic E-state index is -0.926. The van der Waals surface area contributed by atoms with Crippen molar-refractivity contribution in [3.05, 3.63) is 53.9 Å². The van der Waals surface area contributed by atoms with Crippen LogP contribution in [0.3, 0.4) is 0 Å². The first-order valence-corrected chi connectivity index (χ1v) is 7.71. The lowest BCUT2D eigenvalue weighted by Gasteiger charge is -2.17. The third-order valence-electron chi connectivity index (χ3n) is 3.79. The molecule has 5 heteroatoms. The summed E-state index contributed by atoms with van der Waals surface area (Å²) in [7, 11) is 0. The Labute approximate surface area is 145 Å². The van der Waals surface area contributed by atoms with Crippen molar-refractivity contribution in [2.75, 3.05) is 0 Å². The molecule has 0 bridgehead atoms. The van der Waals surface area contributed by atoms with Gasteiger partial charge in [0.1, 0.15) is 11.2 Å². The smallest absolute Gasteiger partial charge is 0.252 e. The molecule has 2 aromatic heterocycles. The topological polar surface area (TPSA) is 81.6 Å². The summed E-state index contributed by atoms with van der Waals surface area (Å²) in [6.07, 6.45) is 7.13. The summed E-state index contributed by atoms with van der Waals surface area (Å²) in [5.41, 5.74) is 2.70. The monoisotopic (exact) mass is 328 g/mol. The fourth-order valence-electron chi connectivity index (χ4n) is 2.47. The van der Waals surface area contributed by atoms with E-state index in [9.17, 15) is 4.79 Å². The minimum absolute atomic E-state index is 0.293. The fourth-order valence-corrected chi connectivity index (χ4v) is 2.47. The quantitative estimate of drug-likeness (QED) is 0.724. The Morgan fingerprint density at radius 3 is 2.80 bits per heavy atom. The molecule has 2 heterocycles. The largest absolute Gasteiger partial charge is 0.334 e. The number of terminal acetylenes is 1. The van der Waals surface area contributed by atoms with Gasteiger partial charge in [-0.05, 0) is 43.7 Å². The molecule has 3 aromatic rings. The number of aromatic nitrogens is 2. The average molecular weight is 328 g/mol. The number of carbonyl (C=O) groups excluding carboxylic acids is 1. The van der Waals surface area contributed by atoms with Crippen LogP contribution >= 0.6 is 0 Å². The van der Waals surface area contributed by atoms with Gasteiger partial charge in [0.15, 0.2) is 0 Å². The SMILES string of the molecule is C#Cc1cc2cc(-c3cccc(C(=O)NC(C)(C)C#N)c3)cnc2[nH]1. The van der Waals surface area contributed by atoms with Crippen LogP contribution in [0.15, 0.2) is 42.6 Å². The molecule has 2 N–H and O–H groups in total. The Hall–Kier alpha value is -3.57. The third kappa shape index (κ3) is 3.36. The van der Waals surface area contributed by atoms with Crippen LogP contribution in [0.25, 0.3) is 22.2 Å². The number of pyridine rings is 1. The molecule has 122 valence electrons. The van der Waals surface area contributed by atoms with Crippen LogP contribution in [-0.2, 0) is 0 Å². The second kappa shape index (κ2) is 6.14. The highest BCUT2D eigenvalue weighted by Gasteiger charge is 2.20. The number of aromatic amines is 1. The summed E-state index contributed by atoms with van der Waals surface area (Å²) in [5.74, 6) is 2.26. The van der Waals surface area contributed by atoms with Crippen molar-refractivity contribution in [2.24, 2.45) is 0 Å². The van der Waals surface area contributed by atoms with E-state index in [1.54, 1.807) is 38.2 Å². The molecule has 0 saturated carbocycles. The second-order valence-corrected chi connectivity index (χ2v) is 6.26. The van der Waals surface area contributed by atoms with E-state index in [4.69, 9.17) is 11.7 Å². The van der Waals surface area contributed by atoms with Gasteiger partial charge >= 0.3 is 0 Å². The highest BCUT2D eigenvalue weighted by Crippen LogP contribution is 2.24. The van der Waals surface area contributed by atoms with Crippen molar-refractivity contribution in [2.45, 2.75) is 19.4 Å². The molecule has 1 aromatic carbocycles. The molecule has 25 heavy (non-hydrogen) atoms. The van der Waals surface area contributed by atoms with Gasteiger partial charge in [-0.2, -0.15) is 5.26 Å². The van der Waals surface area contributed by atoms with Crippen molar-refractivity contribution in [1.82, 2.24) is 15.3 Å². The molecule has 0 saturated heterocycles. The molecule has 0 radical (unpaired) electrons. The van der Waals surface area contributed by atoms with Crippen LogP contribution in [0.1, 0.15) is 29.9 Å². The van der Waals surface area contributed by atoms with E-state index in [0.717, 1.165) is 22.2 Å². The molecule has 3 rings (SSSR count). The standard InChI is InChI=1S/C20H16N4O/c1-4-17-10-15-9-16(11-22-18(15)23-17)13-6-5-7-14(8-13)19(25)24-20(2,3)12-21/h1,5-11H,2-3H3,(H,22,23)(H,24,25). The van der Waals surface area contributed by atoms with Gasteiger partial charge in [0.05, 0.1) is 11.8 Å². The molecular formula is C20H16N4O. The Morgan fingerprint density at radius 1 is 1.28 bits per heavy atom. The predicted molar refractivity (Wildman–Crippen MR) is 96.6 cm³/mol. The number of nitrogens with zero attached hydrogens (tertiary/aromatic N) is 2. The Balaban J connectivity index is 1.95. The molecule has 0 aliphatic heterocycles. The Morgan fingerprint density at radius 2 is 2.08 bits per heavy atom. The van der Waals surface area contributed by atoms with Gasteiger partial charge in [-0.25, -0.2) is 4.98 Å². The number of amides is 1. The van der Waals surface area contributed by atoms with Gasteiger partial charge in [0.2, 0.25) is 0 Å². The summed E-state index contributed by atoms with van der Waals surface area (Å²) >= 11 is 0. The molecule has 0 aliphatic carbocycles. The predicted octanol–water partition coefficient (Wildman–Crippen LogP) is 3.24. The van der Waals surface area contributed by atoms with Crippen molar-refractivity contribution >= 4 is 16.9 Å². The summed E-state index contributed by atoms with van der Waals surface area (Å²) in [5, 5.41) is 12.7. The van der Waals surface area contributed by atoms with Crippen LogP contribution in [0.2, 0.25) is 0 Å². The van der Waals surface area contributed by atoms with Gasteiger partial charge in [-0.15, -0.1) is 6.42 Å². The molecule has 0 atom stereocenters. The maximum atomic E-state index is 12.4. The Bertz CT molecular complexity index is 1050. The minimum Gasteiger partial charge on any atom is -0.334 e. The van der Waals surface area contributed by atoms with Gasteiger partial charge in [-0.3, -0.25) is 4.79 Å². The van der Waals surface area contributed by atoms with E-state index in [1.165, 1.54) is 0 Å². The average Bonchev–Trinajstić information content (AvgIpc) is 3.04. The number of rotatable bonds is 3. The number of nitriles is 1. The number of hydrogen-bond donors (Lipinski definition) is 2. The van der Waals surface area contributed by atoms with E-state index in [-0.39, 0.29) is 5.91 Å². The maximum absolute atomic E-state index is 12.4. The van der Waals surface area contributed by atoms with E-state index in [1.807, 2.05) is 18.2 Å². The zero-order valence-electron chi connectivity index (χ0n) is 13.9. The number of H-pyrrole nitrogens is 1. The van der Waals surface area contributed by atoms with Crippen molar-refractivity contribution in [3.63, 3.8) is 0 Å². The van der Waals surface area contributed by atoms with Gasteiger partial charge < -0.3 is 10.3 Å². The molecule has 1 amide bonds. The normalized spacial score (nSPS) is 10.9. The van der Waals surface area contributed by atoms with E-state index >= 15 is 0 Å². The summed E-state index contributed by atoms with van der Waals surface area (Å²) in [4.78, 5) is 19.8. The first-order chi connectivity index (χ1) is 11.9. The fraction of sp³-hybridized carbons (Fsp3) is 0.150. The van der Waals surface area contributed by atoms with Crippen LogP contribution in [0, 0.1) is 23.7 Å². The first kappa shape index (κ1) is 16.3. The molecule has 0 spiro atoms. The van der Waals surface area contributed by atoms with Gasteiger partial charge in [-0.1, -0.05) is 18.1 Å². The van der Waals surface area contributed by atoms with Crippen molar-refractivity contribution < 1.29 is 4.79 Å². The summed E-state index contributed by atoms with van der Waals surface area (Å²) in [6.45, 7) is 3.31. The van der Waals surface area contributed by atoms with Crippen LogP contribution in [0.5, 0.6) is 0 Å². The van der Waals surface area contributed by atoms with Crippen LogP contribution < -0.4 is 5.32 Å². The Kier molecular flexibility index (Phi) is 4.00. The first-order valence-electron chi connectivity index (χ1n) is 7.71. The number of fused-ring (bicyclic) bond motifs is 1. The third-order valence-corrected chi connectivity index (χ3v) is 3.79. The van der Waals surface area contributed by atoms with Crippen molar-refractivity contribution in [1.29, 1.82) is 5.26 Å². The van der Waals surface area contributed by atoms with E-state index < -0.39 is 5.54 Å². The molecule has 0 fully saturated rings. The zero-order chi connectivity index (χ0) is 18.0. The lowest BCUT2D eigenvalue weighted by molar-refractivity contribution is 0.0929. The maximum Gasteiger partial charge on any atom is 0.252 e. The summed E-state index contributed by atoms with van der Waals surface area (Å²) < 4.78 is 0. The van der Waals surface area contributed by atoms with E-state index in [2.05, 4.69) is 27.3 Å². The number of carbonyl (C=O) groups is 1. The molecular weight excluding hydrogens is 312 g/mol. The molecule has 0 aliphatic rings. The number of hydrogen-bond acceptors (Lipinski definition) is 3. The molecule has 5 nitrogen and oxygen atoms in total. The number of nitrogens with one attached hydrogen (secondary N) is 2. The zero-order valence-corrected chi connectivity index (χ0v) is 13.9. The molecule has 0 unspecified atom stereocenters. The number of benzene rings is 1. The van der Waals surface area contributed by atoms with Crippen molar-refractivity contribution in [3.8, 4) is 29.5 Å². The lowest BCUT2D eigenvalue weighted by atomic mass is 10.0. The van der Waals surface area contributed by atoms with Crippen LogP contribution in [-0.4, -0.2) is 21.4 Å². The highest BCUT2D eigenvalue weighted by molar-refractivity contribution is 5.96.